The minimum absolute atomic E-state index is 0.159. The van der Waals surface area contributed by atoms with Crippen molar-refractivity contribution in [1.82, 2.24) is 19.9 Å². The maximum atomic E-state index is 12.5. The van der Waals surface area contributed by atoms with Gasteiger partial charge in [0.1, 0.15) is 23.2 Å². The zero-order valence-electron chi connectivity index (χ0n) is 15.1. The van der Waals surface area contributed by atoms with Gasteiger partial charge in [-0.2, -0.15) is 5.10 Å². The summed E-state index contributed by atoms with van der Waals surface area (Å²) in [6.45, 7) is 5.06. The normalized spacial score (nSPS) is 17.7. The number of fused-ring (bicyclic) bond motifs is 2. The fourth-order valence-electron chi connectivity index (χ4n) is 3.11. The molecule has 0 aliphatic carbocycles. The van der Waals surface area contributed by atoms with E-state index in [1.807, 2.05) is 43.3 Å². The van der Waals surface area contributed by atoms with Crippen molar-refractivity contribution >= 4 is 17.4 Å². The number of benzene rings is 1. The van der Waals surface area contributed by atoms with Crippen LogP contribution in [0.2, 0.25) is 0 Å². The minimum atomic E-state index is -0.203. The second-order valence-corrected chi connectivity index (χ2v) is 6.72. The monoisotopic (exact) mass is 351 g/mol. The fraction of sp³-hybridized carbons (Fsp3) is 0.316. The van der Waals surface area contributed by atoms with Gasteiger partial charge in [-0.3, -0.25) is 4.79 Å². The van der Waals surface area contributed by atoms with Crippen molar-refractivity contribution in [3.63, 3.8) is 0 Å². The Morgan fingerprint density at radius 1 is 1.31 bits per heavy atom. The highest BCUT2D eigenvalue weighted by molar-refractivity contribution is 5.99. The summed E-state index contributed by atoms with van der Waals surface area (Å²) in [5.74, 6) is 1.39. The van der Waals surface area contributed by atoms with E-state index in [1.165, 1.54) is 5.56 Å². The standard InChI is InChI=1S/C19H21N5O2/c1-12-4-5-16-14(8-12)11-23(3)17-6-7-24-18(22-17)15(10-21-24)19(25)20-9-13(2)26-16/h4-8,10,13H,9,11H2,1-3H3,(H,20,25)/t13-/m1/s1. The molecule has 7 nitrogen and oxygen atoms in total. The number of ether oxygens (including phenoxy) is 1. The predicted molar refractivity (Wildman–Crippen MR) is 98.7 cm³/mol. The number of amides is 1. The molecule has 1 aliphatic rings. The third kappa shape index (κ3) is 2.96. The van der Waals surface area contributed by atoms with Gasteiger partial charge in [0, 0.05) is 25.4 Å². The average molecular weight is 351 g/mol. The summed E-state index contributed by atoms with van der Waals surface area (Å²) >= 11 is 0. The molecular weight excluding hydrogens is 330 g/mol. The van der Waals surface area contributed by atoms with Gasteiger partial charge in [0.2, 0.25) is 0 Å². The maximum Gasteiger partial charge on any atom is 0.256 e. The molecule has 1 atom stereocenters. The third-order valence-electron chi connectivity index (χ3n) is 4.49. The average Bonchev–Trinajstić information content (AvgIpc) is 3.04. The number of aryl methyl sites for hydroxylation is 1. The molecule has 2 aromatic heterocycles. The lowest BCUT2D eigenvalue weighted by Crippen LogP contribution is -2.33. The van der Waals surface area contributed by atoms with Crippen LogP contribution in [0.5, 0.6) is 5.75 Å². The molecule has 3 heterocycles. The van der Waals surface area contributed by atoms with Crippen LogP contribution in [-0.4, -0.2) is 40.2 Å². The Kier molecular flexibility index (Phi) is 3.99. The quantitative estimate of drug-likeness (QED) is 0.672. The summed E-state index contributed by atoms with van der Waals surface area (Å²) in [5, 5.41) is 7.13. The molecule has 2 bridgehead atoms. The van der Waals surface area contributed by atoms with Gasteiger partial charge in [0.15, 0.2) is 5.65 Å². The Morgan fingerprint density at radius 3 is 3.00 bits per heavy atom. The van der Waals surface area contributed by atoms with E-state index in [1.54, 1.807) is 10.7 Å². The number of anilines is 1. The van der Waals surface area contributed by atoms with Crippen LogP contribution in [0.15, 0.2) is 36.7 Å². The smallest absolute Gasteiger partial charge is 0.256 e. The number of aromatic nitrogens is 3. The SMILES string of the molecule is Cc1ccc2c(c1)CN(C)c1ccn3ncc(c3n1)C(=O)NC[C@@H](C)O2. The van der Waals surface area contributed by atoms with Gasteiger partial charge in [-0.15, -0.1) is 0 Å². The van der Waals surface area contributed by atoms with Gasteiger partial charge in [0.05, 0.1) is 12.7 Å². The summed E-state index contributed by atoms with van der Waals surface area (Å²) < 4.78 is 7.71. The zero-order valence-corrected chi connectivity index (χ0v) is 15.1. The molecule has 0 fully saturated rings. The molecule has 1 aliphatic heterocycles. The van der Waals surface area contributed by atoms with Crippen molar-refractivity contribution in [3.05, 3.63) is 53.3 Å². The van der Waals surface area contributed by atoms with Gasteiger partial charge < -0.3 is 15.0 Å². The third-order valence-corrected chi connectivity index (χ3v) is 4.49. The van der Waals surface area contributed by atoms with Crippen LogP contribution in [0.3, 0.4) is 0 Å². The summed E-state index contributed by atoms with van der Waals surface area (Å²) in [5.41, 5.74) is 3.26. The van der Waals surface area contributed by atoms with Gasteiger partial charge in [-0.25, -0.2) is 9.50 Å². The summed E-state index contributed by atoms with van der Waals surface area (Å²) in [7, 11) is 1.98. The van der Waals surface area contributed by atoms with E-state index >= 15 is 0 Å². The van der Waals surface area contributed by atoms with Crippen LogP contribution in [-0.2, 0) is 6.54 Å². The van der Waals surface area contributed by atoms with E-state index in [4.69, 9.17) is 4.74 Å². The first kappa shape index (κ1) is 16.4. The molecule has 7 heteroatoms. The topological polar surface area (TPSA) is 71.8 Å². The van der Waals surface area contributed by atoms with E-state index in [2.05, 4.69) is 28.4 Å². The summed E-state index contributed by atoms with van der Waals surface area (Å²) in [6.07, 6.45) is 3.21. The molecule has 134 valence electrons. The first-order valence-corrected chi connectivity index (χ1v) is 8.61. The van der Waals surface area contributed by atoms with Crippen molar-refractivity contribution < 1.29 is 9.53 Å². The lowest BCUT2D eigenvalue weighted by Gasteiger charge is -2.22. The van der Waals surface area contributed by atoms with E-state index < -0.39 is 0 Å². The molecule has 0 radical (unpaired) electrons. The Hall–Kier alpha value is -3.09. The Balaban J connectivity index is 1.82. The molecular formula is C19H21N5O2. The summed E-state index contributed by atoms with van der Waals surface area (Å²) in [4.78, 5) is 19.2. The number of carbonyl (C=O) groups excluding carboxylic acids is 1. The Bertz CT molecular complexity index is 981. The van der Waals surface area contributed by atoms with Gasteiger partial charge in [-0.05, 0) is 26.0 Å². The highest BCUT2D eigenvalue weighted by Crippen LogP contribution is 2.25. The van der Waals surface area contributed by atoms with Crippen molar-refractivity contribution in [3.8, 4) is 5.75 Å². The summed E-state index contributed by atoms with van der Waals surface area (Å²) in [6, 6.07) is 8.03. The predicted octanol–water partition coefficient (Wildman–Crippen LogP) is 2.18. The lowest BCUT2D eigenvalue weighted by molar-refractivity contribution is 0.0933. The number of hydrogen-bond donors (Lipinski definition) is 1. The van der Waals surface area contributed by atoms with Crippen molar-refractivity contribution in [2.24, 2.45) is 0 Å². The number of rotatable bonds is 0. The number of nitrogens with one attached hydrogen (secondary N) is 1. The van der Waals surface area contributed by atoms with Gasteiger partial charge in [0.25, 0.3) is 5.91 Å². The van der Waals surface area contributed by atoms with Crippen molar-refractivity contribution in [2.45, 2.75) is 26.5 Å². The molecule has 0 saturated carbocycles. The van der Waals surface area contributed by atoms with Gasteiger partial charge in [-0.1, -0.05) is 17.7 Å². The van der Waals surface area contributed by atoms with E-state index in [0.717, 1.165) is 17.1 Å². The number of nitrogens with zero attached hydrogens (tertiary/aromatic N) is 4. The highest BCUT2D eigenvalue weighted by atomic mass is 16.5. The first-order valence-electron chi connectivity index (χ1n) is 8.61. The second kappa shape index (κ2) is 6.33. The first-order chi connectivity index (χ1) is 12.5. The molecule has 4 rings (SSSR count). The van der Waals surface area contributed by atoms with Crippen LogP contribution in [0.4, 0.5) is 5.82 Å². The van der Waals surface area contributed by atoms with Crippen molar-refractivity contribution in [1.29, 1.82) is 0 Å². The van der Waals surface area contributed by atoms with E-state index in [9.17, 15) is 4.79 Å². The lowest BCUT2D eigenvalue weighted by atomic mass is 10.1. The molecule has 0 spiro atoms. The Labute approximate surface area is 151 Å². The van der Waals surface area contributed by atoms with E-state index in [0.29, 0.717) is 24.3 Å². The maximum absolute atomic E-state index is 12.5. The largest absolute Gasteiger partial charge is 0.489 e. The molecule has 1 N–H and O–H groups in total. The molecule has 1 amide bonds. The second-order valence-electron chi connectivity index (χ2n) is 6.72. The highest BCUT2D eigenvalue weighted by Gasteiger charge is 2.19. The van der Waals surface area contributed by atoms with Crippen molar-refractivity contribution in [2.75, 3.05) is 18.5 Å². The Morgan fingerprint density at radius 2 is 2.15 bits per heavy atom. The number of hydrogen-bond acceptors (Lipinski definition) is 5. The molecule has 0 unspecified atom stereocenters. The van der Waals surface area contributed by atoms with Crippen LogP contribution in [0.1, 0.15) is 28.4 Å². The molecule has 1 aromatic carbocycles. The molecule has 26 heavy (non-hydrogen) atoms. The van der Waals surface area contributed by atoms with Gasteiger partial charge >= 0.3 is 0 Å². The van der Waals surface area contributed by atoms with Crippen LogP contribution >= 0.6 is 0 Å². The van der Waals surface area contributed by atoms with Crippen LogP contribution in [0.25, 0.3) is 5.65 Å². The minimum Gasteiger partial charge on any atom is -0.489 e. The fourth-order valence-corrected chi connectivity index (χ4v) is 3.11. The number of carbonyl (C=O) groups is 1. The van der Waals surface area contributed by atoms with E-state index in [-0.39, 0.29) is 12.0 Å². The van der Waals surface area contributed by atoms with Crippen LogP contribution in [0, 0.1) is 6.92 Å². The van der Waals surface area contributed by atoms with Crippen LogP contribution < -0.4 is 15.0 Å². The molecule has 3 aromatic rings. The molecule has 0 saturated heterocycles. The zero-order chi connectivity index (χ0) is 18.3.